The Bertz CT molecular complexity index is 1130. The van der Waals surface area contributed by atoms with Crippen LogP contribution < -0.4 is 16.0 Å². The summed E-state index contributed by atoms with van der Waals surface area (Å²) in [5.74, 6) is -0.464. The van der Waals surface area contributed by atoms with Crippen LogP contribution in [-0.2, 0) is 9.47 Å². The normalized spacial score (nSPS) is 10.4. The first-order chi connectivity index (χ1) is 16.9. The van der Waals surface area contributed by atoms with Gasteiger partial charge in [-0.2, -0.15) is 0 Å². The largest absolute Gasteiger partial charge is 0.450 e. The van der Waals surface area contributed by atoms with Gasteiger partial charge in [-0.15, -0.1) is 0 Å². The van der Waals surface area contributed by atoms with Crippen molar-refractivity contribution in [2.75, 3.05) is 29.2 Å². The van der Waals surface area contributed by atoms with E-state index in [1.165, 1.54) is 6.07 Å². The molecule has 11 heteroatoms. The van der Waals surface area contributed by atoms with Crippen molar-refractivity contribution in [3.8, 4) is 0 Å². The lowest BCUT2D eigenvalue weighted by Gasteiger charge is -2.22. The molecule has 0 aliphatic carbocycles. The molecule has 0 aliphatic heterocycles. The number of amides is 2. The van der Waals surface area contributed by atoms with Gasteiger partial charge < -0.3 is 14.8 Å². The molecule has 0 atom stereocenters. The number of hydrogen-bond donors (Lipinski definition) is 3. The summed E-state index contributed by atoms with van der Waals surface area (Å²) in [7, 11) is 0. The van der Waals surface area contributed by atoms with Gasteiger partial charge in [-0.3, -0.25) is 20.7 Å². The molecule has 0 saturated carbocycles. The third-order valence-corrected chi connectivity index (χ3v) is 4.74. The predicted molar refractivity (Wildman–Crippen MR) is 131 cm³/mol. The minimum Gasteiger partial charge on any atom is -0.450 e. The number of ether oxygens (including phenoxy) is 2. The van der Waals surface area contributed by atoms with Crippen molar-refractivity contribution in [1.82, 2.24) is 4.98 Å². The van der Waals surface area contributed by atoms with Gasteiger partial charge in [-0.1, -0.05) is 60.7 Å². The molecule has 0 fully saturated rings. The number of pyridine rings is 1. The van der Waals surface area contributed by atoms with E-state index >= 15 is 0 Å². The Balaban J connectivity index is 2.13. The highest BCUT2D eigenvalue weighted by Crippen LogP contribution is 2.37. The van der Waals surface area contributed by atoms with Gasteiger partial charge >= 0.3 is 17.9 Å². The smallest absolute Gasteiger partial charge is 0.412 e. The summed E-state index contributed by atoms with van der Waals surface area (Å²) < 4.78 is 9.74. The molecule has 182 valence electrons. The van der Waals surface area contributed by atoms with Crippen LogP contribution in [0.4, 0.5) is 32.6 Å². The van der Waals surface area contributed by atoms with Crippen LogP contribution in [0.2, 0.25) is 0 Å². The number of nitrogens with zero attached hydrogens (tertiary/aromatic N) is 2. The number of rotatable bonds is 9. The highest BCUT2D eigenvalue weighted by atomic mass is 16.6. The van der Waals surface area contributed by atoms with E-state index < -0.39 is 34.7 Å². The van der Waals surface area contributed by atoms with E-state index in [9.17, 15) is 19.7 Å². The Morgan fingerprint density at radius 1 is 0.914 bits per heavy atom. The van der Waals surface area contributed by atoms with E-state index in [1.807, 2.05) is 60.7 Å². The molecule has 0 radical (unpaired) electrons. The summed E-state index contributed by atoms with van der Waals surface area (Å²) in [6.45, 7) is 3.39. The number of benzene rings is 2. The van der Waals surface area contributed by atoms with E-state index in [0.29, 0.717) is 0 Å². The van der Waals surface area contributed by atoms with Crippen LogP contribution in [0.1, 0.15) is 31.0 Å². The lowest BCUT2D eigenvalue weighted by atomic mass is 9.98. The van der Waals surface area contributed by atoms with E-state index in [0.717, 1.165) is 11.1 Å². The fourth-order valence-electron chi connectivity index (χ4n) is 3.33. The maximum atomic E-state index is 12.1. The molecule has 3 rings (SSSR count). The zero-order valence-electron chi connectivity index (χ0n) is 19.2. The molecular weight excluding hydrogens is 454 g/mol. The maximum Gasteiger partial charge on any atom is 0.412 e. The lowest BCUT2D eigenvalue weighted by Crippen LogP contribution is -2.20. The van der Waals surface area contributed by atoms with Crippen LogP contribution in [0.3, 0.4) is 0 Å². The molecular formula is C24H25N5O6. The maximum absolute atomic E-state index is 12.1. The summed E-state index contributed by atoms with van der Waals surface area (Å²) in [4.78, 5) is 39.5. The topological polar surface area (TPSA) is 145 Å². The average Bonchev–Trinajstić information content (AvgIpc) is 2.83. The molecule has 2 amide bonds. The fraction of sp³-hybridized carbons (Fsp3) is 0.208. The molecule has 35 heavy (non-hydrogen) atoms. The van der Waals surface area contributed by atoms with Crippen LogP contribution in [0.15, 0.2) is 66.7 Å². The minimum absolute atomic E-state index is 0.0151. The quantitative estimate of drug-likeness (QED) is 0.276. The Morgan fingerprint density at radius 2 is 1.43 bits per heavy atom. The molecule has 2 aromatic carbocycles. The summed E-state index contributed by atoms with van der Waals surface area (Å²) >= 11 is 0. The highest BCUT2D eigenvalue weighted by molar-refractivity contribution is 5.92. The molecule has 11 nitrogen and oxygen atoms in total. The van der Waals surface area contributed by atoms with Gasteiger partial charge in [-0.25, -0.2) is 14.6 Å². The van der Waals surface area contributed by atoms with E-state index in [2.05, 4.69) is 20.9 Å². The minimum atomic E-state index is -0.926. The van der Waals surface area contributed by atoms with Gasteiger partial charge in [0.1, 0.15) is 11.5 Å². The van der Waals surface area contributed by atoms with Crippen LogP contribution in [0, 0.1) is 10.1 Å². The van der Waals surface area contributed by atoms with E-state index in [1.54, 1.807) is 13.8 Å². The first-order valence-electron chi connectivity index (χ1n) is 10.9. The molecule has 0 bridgehead atoms. The molecule has 0 aliphatic rings. The van der Waals surface area contributed by atoms with Crippen molar-refractivity contribution < 1.29 is 24.0 Å². The number of hydrogen-bond acceptors (Lipinski definition) is 8. The number of carbonyl (C=O) groups excluding carboxylic acids is 2. The van der Waals surface area contributed by atoms with Crippen LogP contribution in [-0.4, -0.2) is 35.3 Å². The van der Waals surface area contributed by atoms with Crippen LogP contribution in [0.5, 0.6) is 0 Å². The van der Waals surface area contributed by atoms with Gasteiger partial charge in [0.2, 0.25) is 5.82 Å². The second kappa shape index (κ2) is 12.0. The first-order valence-corrected chi connectivity index (χ1v) is 10.9. The van der Waals surface area contributed by atoms with Crippen LogP contribution >= 0.6 is 0 Å². The van der Waals surface area contributed by atoms with Crippen molar-refractivity contribution >= 4 is 35.2 Å². The molecule has 0 saturated heterocycles. The zero-order valence-corrected chi connectivity index (χ0v) is 19.2. The number of nitrogens with one attached hydrogen (secondary N) is 3. The van der Waals surface area contributed by atoms with Crippen molar-refractivity contribution in [3.63, 3.8) is 0 Å². The Morgan fingerprint density at radius 3 is 1.91 bits per heavy atom. The summed E-state index contributed by atoms with van der Waals surface area (Å²) in [5.41, 5.74) is 1.19. The Hall–Kier alpha value is -4.67. The number of aromatic nitrogens is 1. The van der Waals surface area contributed by atoms with E-state index in [4.69, 9.17) is 9.47 Å². The third-order valence-electron chi connectivity index (χ3n) is 4.74. The van der Waals surface area contributed by atoms with Gasteiger partial charge in [0.25, 0.3) is 0 Å². The molecule has 1 aromatic heterocycles. The van der Waals surface area contributed by atoms with Gasteiger partial charge in [0.05, 0.1) is 24.2 Å². The SMILES string of the molecule is CCOC(=O)Nc1cc(NC(c2ccccc2)c2ccccc2)c([N+](=O)[O-])c(NC(=O)OCC)n1. The number of anilines is 3. The van der Waals surface area contributed by atoms with Gasteiger partial charge in [0, 0.05) is 6.07 Å². The molecule has 3 N–H and O–H groups in total. The Kier molecular flexibility index (Phi) is 8.54. The highest BCUT2D eigenvalue weighted by Gasteiger charge is 2.28. The summed E-state index contributed by atoms with van der Waals surface area (Å²) in [6, 6.07) is 19.5. The standard InChI is InChI=1S/C24H25N5O6/c1-3-34-23(30)27-19-15-18(21(29(32)33)22(26-19)28-24(31)35-4-2)25-20(16-11-7-5-8-12-16)17-13-9-6-10-14-17/h5-15,20H,3-4H2,1-2H3,(H3,25,26,27,28,30,31). The van der Waals surface area contributed by atoms with Gasteiger partial charge in [-0.05, 0) is 25.0 Å². The van der Waals surface area contributed by atoms with Gasteiger partial charge in [0.15, 0.2) is 0 Å². The fourth-order valence-corrected chi connectivity index (χ4v) is 3.33. The van der Waals surface area contributed by atoms with E-state index in [-0.39, 0.29) is 24.7 Å². The zero-order chi connectivity index (χ0) is 25.2. The molecule has 3 aromatic rings. The predicted octanol–water partition coefficient (Wildman–Crippen LogP) is 5.33. The second-order valence-electron chi connectivity index (χ2n) is 7.10. The molecule has 0 spiro atoms. The lowest BCUT2D eigenvalue weighted by molar-refractivity contribution is -0.383. The van der Waals surface area contributed by atoms with Crippen molar-refractivity contribution in [1.29, 1.82) is 0 Å². The van der Waals surface area contributed by atoms with Crippen molar-refractivity contribution in [2.24, 2.45) is 0 Å². The molecule has 0 unspecified atom stereocenters. The molecule has 1 heterocycles. The van der Waals surface area contributed by atoms with Crippen LogP contribution in [0.25, 0.3) is 0 Å². The number of carbonyl (C=O) groups is 2. The third kappa shape index (κ3) is 6.67. The first kappa shape index (κ1) is 25.0. The summed E-state index contributed by atoms with van der Waals surface area (Å²) in [5, 5.41) is 20.0. The van der Waals surface area contributed by atoms with Crippen molar-refractivity contribution in [3.05, 3.63) is 88.0 Å². The second-order valence-corrected chi connectivity index (χ2v) is 7.10. The number of nitro groups is 1. The average molecular weight is 479 g/mol. The Labute approximate surface area is 201 Å². The van der Waals surface area contributed by atoms with Crippen molar-refractivity contribution in [2.45, 2.75) is 19.9 Å². The summed E-state index contributed by atoms with van der Waals surface area (Å²) in [6.07, 6.45) is -1.73. The monoisotopic (exact) mass is 479 g/mol.